The predicted molar refractivity (Wildman–Crippen MR) is 107 cm³/mol. The van der Waals surface area contributed by atoms with Crippen LogP contribution >= 0.6 is 15.9 Å². The fraction of sp³-hybridized carbons (Fsp3) is 0.316. The number of rotatable bonds is 3. The lowest BCUT2D eigenvalue weighted by atomic mass is 10.2. The number of carbonyl (C=O) groups excluding carboxylic acids is 1. The lowest BCUT2D eigenvalue weighted by Gasteiger charge is -2.02. The monoisotopic (exact) mass is 428 g/mol. The van der Waals surface area contributed by atoms with Crippen molar-refractivity contribution >= 4 is 33.5 Å². The first-order valence-corrected chi connectivity index (χ1v) is 9.50. The maximum atomic E-state index is 10.6. The molecule has 27 heavy (non-hydrogen) atoms. The van der Waals surface area contributed by atoms with Gasteiger partial charge in [0.2, 0.25) is 0 Å². The zero-order valence-corrected chi connectivity index (χ0v) is 17.3. The number of aldehydes is 1. The van der Waals surface area contributed by atoms with Crippen LogP contribution in [0.15, 0.2) is 41.1 Å². The van der Waals surface area contributed by atoms with Gasteiger partial charge in [-0.2, -0.15) is 0 Å². The summed E-state index contributed by atoms with van der Waals surface area (Å²) in [4.78, 5) is 10.6. The summed E-state index contributed by atoms with van der Waals surface area (Å²) < 4.78 is 4.91. The molecule has 0 aliphatic carbocycles. The number of nitrogens with zero attached hydrogens (tertiary/aromatic N) is 6. The minimum atomic E-state index is 0.298. The van der Waals surface area contributed by atoms with Gasteiger partial charge in [-0.05, 0) is 40.2 Å². The van der Waals surface area contributed by atoms with Gasteiger partial charge in [0.25, 0.3) is 0 Å². The molecule has 4 heterocycles. The molecule has 0 aromatic carbocycles. The van der Waals surface area contributed by atoms with Crippen LogP contribution in [0.1, 0.15) is 61.5 Å². The fourth-order valence-corrected chi connectivity index (χ4v) is 3.00. The molecule has 8 heteroatoms. The molecule has 0 N–H and O–H groups in total. The van der Waals surface area contributed by atoms with Gasteiger partial charge in [-0.3, -0.25) is 13.6 Å². The highest BCUT2D eigenvalue weighted by Crippen LogP contribution is 2.17. The number of carbonyl (C=O) groups is 1. The molecule has 0 amide bonds. The normalized spacial score (nSPS) is 11.2. The number of hydrogen-bond donors (Lipinski definition) is 0. The van der Waals surface area contributed by atoms with Crippen molar-refractivity contribution in [3.8, 4) is 0 Å². The first-order valence-electron chi connectivity index (χ1n) is 8.70. The molecular weight excluding hydrogens is 408 g/mol. The molecule has 4 rings (SSSR count). The number of fused-ring (bicyclic) bond motifs is 2. The van der Waals surface area contributed by atoms with Gasteiger partial charge in [-0.15, -0.1) is 20.4 Å². The van der Waals surface area contributed by atoms with Crippen LogP contribution in [0.5, 0.6) is 0 Å². The second-order valence-corrected chi connectivity index (χ2v) is 7.73. The molecule has 4 aromatic rings. The van der Waals surface area contributed by atoms with Crippen LogP contribution in [0.25, 0.3) is 11.3 Å². The van der Waals surface area contributed by atoms with E-state index in [4.69, 9.17) is 0 Å². The second kappa shape index (κ2) is 7.96. The summed E-state index contributed by atoms with van der Waals surface area (Å²) in [5.74, 6) is 2.57. The first-order chi connectivity index (χ1) is 12.9. The van der Waals surface area contributed by atoms with Crippen LogP contribution in [0.2, 0.25) is 0 Å². The van der Waals surface area contributed by atoms with Crippen molar-refractivity contribution < 1.29 is 4.79 Å². The molecule has 0 bridgehead atoms. The van der Waals surface area contributed by atoms with Crippen molar-refractivity contribution in [3.05, 3.63) is 58.3 Å². The van der Waals surface area contributed by atoms with Gasteiger partial charge >= 0.3 is 0 Å². The zero-order chi connectivity index (χ0) is 19.6. The zero-order valence-electron chi connectivity index (χ0n) is 15.7. The summed E-state index contributed by atoms with van der Waals surface area (Å²) in [6, 6.07) is 7.45. The van der Waals surface area contributed by atoms with E-state index in [-0.39, 0.29) is 0 Å². The standard InChI is InChI=1S/C10H11N3O.C9H10BrN3/c1-7(2)10-12-11-9-4-3-8(6-14)5-13(9)10;1-6(2)9-12-11-8-4-3-7(10)5-13(8)9/h3-7H,1-2H3;3-6H,1-2H3. The van der Waals surface area contributed by atoms with Gasteiger partial charge in [-0.25, -0.2) is 0 Å². The van der Waals surface area contributed by atoms with Gasteiger partial charge in [-0.1, -0.05) is 27.7 Å². The Morgan fingerprint density at radius 2 is 1.33 bits per heavy atom. The molecular formula is C19H21BrN6O. The Balaban J connectivity index is 0.000000156. The van der Waals surface area contributed by atoms with Crippen LogP contribution in [-0.4, -0.2) is 35.5 Å². The van der Waals surface area contributed by atoms with Crippen molar-refractivity contribution in [2.24, 2.45) is 0 Å². The van der Waals surface area contributed by atoms with Gasteiger partial charge in [0, 0.05) is 34.3 Å². The minimum absolute atomic E-state index is 0.298. The topological polar surface area (TPSA) is 77.4 Å². The number of halogens is 1. The molecule has 0 saturated carbocycles. The van der Waals surface area contributed by atoms with Crippen molar-refractivity contribution in [2.45, 2.75) is 39.5 Å². The largest absolute Gasteiger partial charge is 0.298 e. The molecule has 0 unspecified atom stereocenters. The molecule has 0 spiro atoms. The smallest absolute Gasteiger partial charge is 0.160 e. The Bertz CT molecular complexity index is 1080. The van der Waals surface area contributed by atoms with Gasteiger partial charge < -0.3 is 0 Å². The Kier molecular flexibility index (Phi) is 5.65. The van der Waals surface area contributed by atoms with E-state index >= 15 is 0 Å². The first kappa shape index (κ1) is 19.2. The highest BCUT2D eigenvalue weighted by molar-refractivity contribution is 9.10. The van der Waals surface area contributed by atoms with Crippen molar-refractivity contribution in [1.29, 1.82) is 0 Å². The van der Waals surface area contributed by atoms with Crippen LogP contribution < -0.4 is 0 Å². The Morgan fingerprint density at radius 1 is 0.815 bits per heavy atom. The Morgan fingerprint density at radius 3 is 1.85 bits per heavy atom. The summed E-state index contributed by atoms with van der Waals surface area (Å²) >= 11 is 3.42. The highest BCUT2D eigenvalue weighted by Gasteiger charge is 2.09. The molecule has 0 radical (unpaired) electrons. The molecule has 0 aliphatic rings. The van der Waals surface area contributed by atoms with Crippen molar-refractivity contribution in [2.75, 3.05) is 0 Å². The van der Waals surface area contributed by atoms with E-state index in [2.05, 4.69) is 50.2 Å². The lowest BCUT2D eigenvalue weighted by Crippen LogP contribution is -1.97. The number of aromatic nitrogens is 6. The molecule has 0 atom stereocenters. The molecule has 0 aliphatic heterocycles. The Labute approximate surface area is 165 Å². The molecule has 140 valence electrons. The molecule has 4 aromatic heterocycles. The maximum absolute atomic E-state index is 10.6. The van der Waals surface area contributed by atoms with Crippen molar-refractivity contribution in [1.82, 2.24) is 29.2 Å². The molecule has 0 fully saturated rings. The van der Waals surface area contributed by atoms with E-state index in [1.54, 1.807) is 18.3 Å². The SMILES string of the molecule is CC(C)c1nnc2ccc(Br)cn12.CC(C)c1nnc2ccc(C=O)cn12. The third-order valence-corrected chi connectivity index (χ3v) is 4.48. The summed E-state index contributed by atoms with van der Waals surface area (Å²) in [5, 5.41) is 16.3. The highest BCUT2D eigenvalue weighted by atomic mass is 79.9. The van der Waals surface area contributed by atoms with Crippen molar-refractivity contribution in [3.63, 3.8) is 0 Å². The van der Waals surface area contributed by atoms with Crippen LogP contribution in [0.4, 0.5) is 0 Å². The van der Waals surface area contributed by atoms with Crippen LogP contribution in [-0.2, 0) is 0 Å². The Hall–Kier alpha value is -2.61. The summed E-state index contributed by atoms with van der Waals surface area (Å²) in [7, 11) is 0. The van der Waals surface area contributed by atoms with E-state index in [0.717, 1.165) is 33.7 Å². The predicted octanol–water partition coefficient (Wildman–Crippen LogP) is 4.28. The van der Waals surface area contributed by atoms with E-state index in [1.165, 1.54) is 0 Å². The van der Waals surface area contributed by atoms with Crippen LogP contribution in [0.3, 0.4) is 0 Å². The number of hydrogen-bond acceptors (Lipinski definition) is 5. The number of pyridine rings is 2. The summed E-state index contributed by atoms with van der Waals surface area (Å²) in [5.41, 5.74) is 2.31. The van der Waals surface area contributed by atoms with Gasteiger partial charge in [0.05, 0.1) is 0 Å². The minimum Gasteiger partial charge on any atom is -0.298 e. The molecule has 0 saturated heterocycles. The van der Waals surface area contributed by atoms with Gasteiger partial charge in [0.1, 0.15) is 11.6 Å². The fourth-order valence-electron chi connectivity index (χ4n) is 2.66. The van der Waals surface area contributed by atoms with Gasteiger partial charge in [0.15, 0.2) is 17.6 Å². The van der Waals surface area contributed by atoms with Crippen LogP contribution in [0, 0.1) is 0 Å². The average molecular weight is 429 g/mol. The third-order valence-electron chi connectivity index (χ3n) is 4.01. The average Bonchev–Trinajstić information content (AvgIpc) is 3.25. The third kappa shape index (κ3) is 4.05. The lowest BCUT2D eigenvalue weighted by molar-refractivity contribution is 0.112. The maximum Gasteiger partial charge on any atom is 0.160 e. The summed E-state index contributed by atoms with van der Waals surface area (Å²) in [6.07, 6.45) is 4.58. The van der Waals surface area contributed by atoms with E-state index in [0.29, 0.717) is 17.4 Å². The molecule has 7 nitrogen and oxygen atoms in total. The quantitative estimate of drug-likeness (QED) is 0.455. The van der Waals surface area contributed by atoms with E-state index in [1.807, 2.05) is 41.0 Å². The summed E-state index contributed by atoms with van der Waals surface area (Å²) in [6.45, 7) is 8.31. The second-order valence-electron chi connectivity index (χ2n) is 6.81. The van der Waals surface area contributed by atoms with E-state index < -0.39 is 0 Å². The van der Waals surface area contributed by atoms with E-state index in [9.17, 15) is 4.79 Å².